The molecule has 0 atom stereocenters. The van der Waals surface area contributed by atoms with E-state index >= 15 is 0 Å². The summed E-state index contributed by atoms with van der Waals surface area (Å²) in [6.07, 6.45) is 0.558. The third-order valence-corrected chi connectivity index (χ3v) is 3.88. The second-order valence-corrected chi connectivity index (χ2v) is 5.74. The molecule has 2 rings (SSSR count). The van der Waals surface area contributed by atoms with Crippen LogP contribution in [0.3, 0.4) is 0 Å². The van der Waals surface area contributed by atoms with Crippen molar-refractivity contribution in [3.63, 3.8) is 0 Å². The van der Waals surface area contributed by atoms with Crippen LogP contribution in [-0.4, -0.2) is 53.6 Å². The van der Waals surface area contributed by atoms with Gasteiger partial charge in [-0.05, 0) is 26.0 Å². The van der Waals surface area contributed by atoms with Crippen LogP contribution in [0.15, 0.2) is 24.3 Å². The monoisotopic (exact) mass is 302 g/mol. The lowest BCUT2D eigenvalue weighted by Gasteiger charge is -2.35. The van der Waals surface area contributed by atoms with E-state index in [9.17, 15) is 14.4 Å². The van der Waals surface area contributed by atoms with Crippen molar-refractivity contribution >= 4 is 17.6 Å². The molecule has 0 saturated carbocycles. The molecular weight excluding hydrogens is 280 g/mol. The van der Waals surface area contributed by atoms with Gasteiger partial charge in [0.1, 0.15) is 5.78 Å². The number of rotatable bonds is 4. The summed E-state index contributed by atoms with van der Waals surface area (Å²) in [5.74, 6) is 0.0407. The van der Waals surface area contributed by atoms with Gasteiger partial charge in [-0.15, -0.1) is 0 Å². The van der Waals surface area contributed by atoms with E-state index < -0.39 is 0 Å². The second kappa shape index (κ2) is 7.20. The Bertz CT molecular complexity index is 575. The normalized spacial score (nSPS) is 14.8. The molecule has 1 aliphatic rings. The minimum absolute atomic E-state index is 0.00199. The van der Waals surface area contributed by atoms with Crippen molar-refractivity contribution in [2.75, 3.05) is 26.2 Å². The number of amides is 2. The summed E-state index contributed by atoms with van der Waals surface area (Å²) in [7, 11) is 0. The molecule has 1 aromatic carbocycles. The number of carbonyl (C=O) groups excluding carboxylic acids is 3. The Morgan fingerprint density at radius 3 is 2.23 bits per heavy atom. The van der Waals surface area contributed by atoms with E-state index in [1.165, 1.54) is 6.92 Å². The number of Topliss-reactive ketones (excluding diaryl/α,β-unsaturated/α-hetero) is 1. The first kappa shape index (κ1) is 16.2. The van der Waals surface area contributed by atoms with Crippen molar-refractivity contribution < 1.29 is 14.4 Å². The summed E-state index contributed by atoms with van der Waals surface area (Å²) in [4.78, 5) is 38.8. The lowest BCUT2D eigenvalue weighted by molar-refractivity contribution is -0.134. The molecule has 5 heteroatoms. The zero-order valence-corrected chi connectivity index (χ0v) is 13.2. The van der Waals surface area contributed by atoms with Gasteiger partial charge < -0.3 is 14.6 Å². The lowest BCUT2D eigenvalue weighted by atomic mass is 10.1. The molecule has 1 heterocycles. The van der Waals surface area contributed by atoms with Crippen molar-refractivity contribution in [3.8, 4) is 0 Å². The number of benzene rings is 1. The number of ketones is 1. The highest BCUT2D eigenvalue weighted by Gasteiger charge is 2.24. The zero-order chi connectivity index (χ0) is 16.1. The highest BCUT2D eigenvalue weighted by atomic mass is 16.2. The molecule has 118 valence electrons. The Kier molecular flexibility index (Phi) is 5.31. The highest BCUT2D eigenvalue weighted by molar-refractivity contribution is 5.94. The average Bonchev–Trinajstić information content (AvgIpc) is 2.52. The quantitative estimate of drug-likeness (QED) is 0.850. The Morgan fingerprint density at radius 1 is 1.00 bits per heavy atom. The van der Waals surface area contributed by atoms with Gasteiger partial charge in [0.25, 0.3) is 5.91 Å². The number of carbonyl (C=O) groups is 3. The van der Waals surface area contributed by atoms with E-state index in [2.05, 4.69) is 0 Å². The molecule has 0 N–H and O–H groups in total. The maximum Gasteiger partial charge on any atom is 0.253 e. The third kappa shape index (κ3) is 4.16. The fraction of sp³-hybridized carbons (Fsp3) is 0.471. The number of nitrogens with zero attached hydrogens (tertiary/aromatic N) is 2. The molecule has 1 fully saturated rings. The molecule has 1 saturated heterocycles. The van der Waals surface area contributed by atoms with Crippen molar-refractivity contribution in [2.45, 2.75) is 26.7 Å². The number of aryl methyl sites for hydroxylation is 1. The predicted molar refractivity (Wildman–Crippen MR) is 83.6 cm³/mol. The molecule has 0 unspecified atom stereocenters. The average molecular weight is 302 g/mol. The number of piperazine rings is 1. The fourth-order valence-corrected chi connectivity index (χ4v) is 2.56. The topological polar surface area (TPSA) is 57.7 Å². The van der Waals surface area contributed by atoms with Gasteiger partial charge in [-0.25, -0.2) is 0 Å². The van der Waals surface area contributed by atoms with Gasteiger partial charge in [0.05, 0.1) is 0 Å². The molecule has 0 aromatic heterocycles. The summed E-state index contributed by atoms with van der Waals surface area (Å²) in [5.41, 5.74) is 1.75. The zero-order valence-electron chi connectivity index (χ0n) is 13.2. The van der Waals surface area contributed by atoms with E-state index in [1.54, 1.807) is 9.80 Å². The SMILES string of the molecule is CC(=O)CCC(=O)N1CCN(C(=O)c2cccc(C)c2)CC1. The van der Waals surface area contributed by atoms with Gasteiger partial charge in [0, 0.05) is 44.6 Å². The Balaban J connectivity index is 1.88. The summed E-state index contributed by atoms with van der Waals surface area (Å²) in [6, 6.07) is 7.54. The van der Waals surface area contributed by atoms with Crippen molar-refractivity contribution in [3.05, 3.63) is 35.4 Å². The van der Waals surface area contributed by atoms with Crippen molar-refractivity contribution in [1.29, 1.82) is 0 Å². The van der Waals surface area contributed by atoms with E-state index in [-0.39, 0.29) is 24.0 Å². The maximum absolute atomic E-state index is 12.4. The van der Waals surface area contributed by atoms with Crippen LogP contribution >= 0.6 is 0 Å². The fourth-order valence-electron chi connectivity index (χ4n) is 2.56. The first-order valence-electron chi connectivity index (χ1n) is 7.60. The van der Waals surface area contributed by atoms with Crippen LogP contribution in [0.1, 0.15) is 35.7 Å². The van der Waals surface area contributed by atoms with Crippen LogP contribution in [-0.2, 0) is 9.59 Å². The van der Waals surface area contributed by atoms with Crippen molar-refractivity contribution in [2.24, 2.45) is 0 Å². The number of hydrogen-bond donors (Lipinski definition) is 0. The van der Waals surface area contributed by atoms with Crippen LogP contribution in [0.2, 0.25) is 0 Å². The molecule has 1 aromatic rings. The van der Waals surface area contributed by atoms with Gasteiger partial charge in [-0.1, -0.05) is 17.7 Å². The van der Waals surface area contributed by atoms with E-state index in [0.717, 1.165) is 5.56 Å². The van der Waals surface area contributed by atoms with E-state index in [0.29, 0.717) is 38.2 Å². The van der Waals surface area contributed by atoms with Crippen LogP contribution in [0, 0.1) is 6.92 Å². The largest absolute Gasteiger partial charge is 0.339 e. The Hall–Kier alpha value is -2.17. The van der Waals surface area contributed by atoms with Gasteiger partial charge in [0.15, 0.2) is 0 Å². The van der Waals surface area contributed by atoms with Gasteiger partial charge in [-0.2, -0.15) is 0 Å². The summed E-state index contributed by atoms with van der Waals surface area (Å²) >= 11 is 0. The molecule has 0 spiro atoms. The second-order valence-electron chi connectivity index (χ2n) is 5.74. The Labute approximate surface area is 130 Å². The van der Waals surface area contributed by atoms with Crippen LogP contribution < -0.4 is 0 Å². The molecule has 0 bridgehead atoms. The molecule has 1 aliphatic heterocycles. The smallest absolute Gasteiger partial charge is 0.253 e. The summed E-state index contributed by atoms with van der Waals surface area (Å²) in [6.45, 7) is 5.61. The molecule has 22 heavy (non-hydrogen) atoms. The van der Waals surface area contributed by atoms with Crippen LogP contribution in [0.4, 0.5) is 0 Å². The minimum atomic E-state index is -0.00199. The van der Waals surface area contributed by atoms with Crippen LogP contribution in [0.25, 0.3) is 0 Å². The molecule has 5 nitrogen and oxygen atoms in total. The maximum atomic E-state index is 12.4. The van der Waals surface area contributed by atoms with Gasteiger partial charge in [-0.3, -0.25) is 9.59 Å². The summed E-state index contributed by atoms with van der Waals surface area (Å²) in [5, 5.41) is 0. The molecule has 2 amide bonds. The third-order valence-electron chi connectivity index (χ3n) is 3.88. The van der Waals surface area contributed by atoms with Gasteiger partial charge >= 0.3 is 0 Å². The van der Waals surface area contributed by atoms with Crippen molar-refractivity contribution in [1.82, 2.24) is 9.80 Å². The molecule has 0 radical (unpaired) electrons. The predicted octanol–water partition coefficient (Wildman–Crippen LogP) is 1.65. The molecular formula is C17H22N2O3. The first-order chi connectivity index (χ1) is 10.5. The highest BCUT2D eigenvalue weighted by Crippen LogP contribution is 2.11. The number of hydrogen-bond acceptors (Lipinski definition) is 3. The first-order valence-corrected chi connectivity index (χ1v) is 7.60. The minimum Gasteiger partial charge on any atom is -0.339 e. The lowest BCUT2D eigenvalue weighted by Crippen LogP contribution is -2.50. The van der Waals surface area contributed by atoms with E-state index in [1.807, 2.05) is 31.2 Å². The summed E-state index contributed by atoms with van der Waals surface area (Å²) < 4.78 is 0. The standard InChI is InChI=1S/C17H22N2O3/c1-13-4-3-5-15(12-13)17(22)19-10-8-18(9-11-19)16(21)7-6-14(2)20/h3-5,12H,6-11H2,1-2H3. The Morgan fingerprint density at radius 2 is 1.64 bits per heavy atom. The van der Waals surface area contributed by atoms with Crippen LogP contribution in [0.5, 0.6) is 0 Å². The van der Waals surface area contributed by atoms with E-state index in [4.69, 9.17) is 0 Å². The molecule has 0 aliphatic carbocycles. The van der Waals surface area contributed by atoms with Gasteiger partial charge in [0.2, 0.25) is 5.91 Å².